The van der Waals surface area contributed by atoms with Crippen LogP contribution in [-0.2, 0) is 0 Å². The van der Waals surface area contributed by atoms with E-state index in [1.54, 1.807) is 0 Å². The first-order valence-corrected chi connectivity index (χ1v) is 7.20. The van der Waals surface area contributed by atoms with Gasteiger partial charge in [0.15, 0.2) is 0 Å². The van der Waals surface area contributed by atoms with Crippen LogP contribution in [0.5, 0.6) is 5.75 Å². The summed E-state index contributed by atoms with van der Waals surface area (Å²) in [6, 6.07) is 4.41. The lowest BCUT2D eigenvalue weighted by Crippen LogP contribution is -2.31. The molecule has 0 bridgehead atoms. The number of carbonyl (C=O) groups is 1. The molecule has 0 atom stereocenters. The molecule has 0 unspecified atom stereocenters. The Bertz CT molecular complexity index is 453. The molecule has 0 heterocycles. The van der Waals surface area contributed by atoms with Gasteiger partial charge in [-0.15, -0.1) is 0 Å². The SMILES string of the molecule is CC1CCC(CNC(=O)c2cc(O)ccc2Cl)CC1. The maximum Gasteiger partial charge on any atom is 0.252 e. The van der Waals surface area contributed by atoms with Gasteiger partial charge in [0.05, 0.1) is 10.6 Å². The fourth-order valence-corrected chi connectivity index (χ4v) is 2.76. The number of halogens is 1. The van der Waals surface area contributed by atoms with Gasteiger partial charge < -0.3 is 10.4 Å². The van der Waals surface area contributed by atoms with Gasteiger partial charge in [-0.25, -0.2) is 0 Å². The molecular formula is C15H20ClNO2. The number of hydrogen-bond acceptors (Lipinski definition) is 2. The maximum absolute atomic E-state index is 12.0. The van der Waals surface area contributed by atoms with E-state index >= 15 is 0 Å². The Labute approximate surface area is 119 Å². The number of hydrogen-bond donors (Lipinski definition) is 2. The molecule has 2 N–H and O–H groups in total. The average Bonchev–Trinajstić information content (AvgIpc) is 2.40. The van der Waals surface area contributed by atoms with Crippen LogP contribution in [0.3, 0.4) is 0 Å². The maximum atomic E-state index is 12.0. The lowest BCUT2D eigenvalue weighted by Gasteiger charge is -2.26. The van der Waals surface area contributed by atoms with E-state index in [1.807, 2.05) is 0 Å². The van der Waals surface area contributed by atoms with Crippen LogP contribution in [0.1, 0.15) is 43.0 Å². The summed E-state index contributed by atoms with van der Waals surface area (Å²) in [6.07, 6.45) is 4.84. The Kier molecular flexibility index (Phi) is 4.70. The van der Waals surface area contributed by atoms with Crippen molar-refractivity contribution in [2.45, 2.75) is 32.6 Å². The number of aromatic hydroxyl groups is 1. The minimum Gasteiger partial charge on any atom is -0.508 e. The lowest BCUT2D eigenvalue weighted by molar-refractivity contribution is 0.0941. The first-order valence-electron chi connectivity index (χ1n) is 6.83. The summed E-state index contributed by atoms with van der Waals surface area (Å²) in [6.45, 7) is 2.97. The van der Waals surface area contributed by atoms with Gasteiger partial charge in [-0.05, 0) is 42.9 Å². The van der Waals surface area contributed by atoms with Crippen LogP contribution < -0.4 is 5.32 Å². The van der Waals surface area contributed by atoms with Crippen molar-refractivity contribution in [3.63, 3.8) is 0 Å². The van der Waals surface area contributed by atoms with Gasteiger partial charge in [0.25, 0.3) is 5.91 Å². The molecule has 1 aromatic rings. The summed E-state index contributed by atoms with van der Waals surface area (Å²) < 4.78 is 0. The van der Waals surface area contributed by atoms with Crippen LogP contribution in [0.15, 0.2) is 18.2 Å². The Morgan fingerprint density at radius 1 is 1.37 bits per heavy atom. The van der Waals surface area contributed by atoms with Gasteiger partial charge in [0.2, 0.25) is 0 Å². The number of nitrogens with one attached hydrogen (secondary N) is 1. The van der Waals surface area contributed by atoms with E-state index in [1.165, 1.54) is 43.9 Å². The van der Waals surface area contributed by atoms with E-state index in [4.69, 9.17) is 11.6 Å². The standard InChI is InChI=1S/C15H20ClNO2/c1-10-2-4-11(5-3-10)9-17-15(19)13-8-12(18)6-7-14(13)16/h6-8,10-11,18H,2-5,9H2,1H3,(H,17,19). The van der Waals surface area contributed by atoms with Crippen molar-refractivity contribution in [1.82, 2.24) is 5.32 Å². The van der Waals surface area contributed by atoms with Crippen molar-refractivity contribution in [1.29, 1.82) is 0 Å². The van der Waals surface area contributed by atoms with E-state index in [-0.39, 0.29) is 11.7 Å². The predicted molar refractivity (Wildman–Crippen MR) is 76.6 cm³/mol. The highest BCUT2D eigenvalue weighted by Gasteiger charge is 2.19. The number of amides is 1. The van der Waals surface area contributed by atoms with Crippen LogP contribution in [0.4, 0.5) is 0 Å². The van der Waals surface area contributed by atoms with Crippen LogP contribution >= 0.6 is 11.6 Å². The molecule has 1 amide bonds. The molecule has 0 aromatic heterocycles. The Morgan fingerprint density at radius 3 is 2.74 bits per heavy atom. The van der Waals surface area contributed by atoms with Crippen LogP contribution in [-0.4, -0.2) is 17.6 Å². The summed E-state index contributed by atoms with van der Waals surface area (Å²) in [7, 11) is 0. The lowest BCUT2D eigenvalue weighted by atomic mass is 9.83. The normalized spacial score (nSPS) is 23.1. The third-order valence-corrected chi connectivity index (χ3v) is 4.21. The van der Waals surface area contributed by atoms with Crippen molar-refractivity contribution < 1.29 is 9.90 Å². The first-order chi connectivity index (χ1) is 9.06. The van der Waals surface area contributed by atoms with E-state index in [9.17, 15) is 9.90 Å². The summed E-state index contributed by atoms with van der Waals surface area (Å²) in [5.41, 5.74) is 0.339. The third kappa shape index (κ3) is 3.87. The number of benzene rings is 1. The van der Waals surface area contributed by atoms with Crippen molar-refractivity contribution in [2.24, 2.45) is 11.8 Å². The number of phenols is 1. The largest absolute Gasteiger partial charge is 0.508 e. The molecule has 0 radical (unpaired) electrons. The second kappa shape index (κ2) is 6.29. The van der Waals surface area contributed by atoms with E-state index in [2.05, 4.69) is 12.2 Å². The van der Waals surface area contributed by atoms with Crippen molar-refractivity contribution in [3.8, 4) is 5.75 Å². The highest BCUT2D eigenvalue weighted by Crippen LogP contribution is 2.28. The van der Waals surface area contributed by atoms with Crippen LogP contribution in [0.2, 0.25) is 5.02 Å². The fraction of sp³-hybridized carbons (Fsp3) is 0.533. The Hall–Kier alpha value is -1.22. The Morgan fingerprint density at radius 2 is 2.05 bits per heavy atom. The van der Waals surface area contributed by atoms with Crippen molar-refractivity contribution >= 4 is 17.5 Å². The zero-order chi connectivity index (χ0) is 13.8. The number of phenolic OH excluding ortho intramolecular Hbond substituents is 1. The molecule has 2 rings (SSSR count). The molecule has 0 aliphatic heterocycles. The average molecular weight is 282 g/mol. The van der Waals surface area contributed by atoms with Crippen molar-refractivity contribution in [2.75, 3.05) is 6.54 Å². The molecule has 19 heavy (non-hydrogen) atoms. The monoisotopic (exact) mass is 281 g/mol. The summed E-state index contributed by atoms with van der Waals surface area (Å²) in [4.78, 5) is 12.0. The molecule has 0 saturated heterocycles. The van der Waals surface area contributed by atoms with Gasteiger partial charge in [0.1, 0.15) is 5.75 Å². The number of carbonyl (C=O) groups excluding carboxylic acids is 1. The molecule has 3 nitrogen and oxygen atoms in total. The zero-order valence-electron chi connectivity index (χ0n) is 11.2. The molecule has 1 fully saturated rings. The van der Waals surface area contributed by atoms with E-state index in [0.29, 0.717) is 23.0 Å². The fourth-order valence-electron chi connectivity index (χ4n) is 2.55. The highest BCUT2D eigenvalue weighted by atomic mass is 35.5. The van der Waals surface area contributed by atoms with Crippen molar-refractivity contribution in [3.05, 3.63) is 28.8 Å². The van der Waals surface area contributed by atoms with Gasteiger partial charge in [-0.1, -0.05) is 31.4 Å². The van der Waals surface area contributed by atoms with Gasteiger partial charge in [-0.3, -0.25) is 4.79 Å². The number of rotatable bonds is 3. The first kappa shape index (κ1) is 14.2. The van der Waals surface area contributed by atoms with Gasteiger partial charge in [0, 0.05) is 6.54 Å². The summed E-state index contributed by atoms with van der Waals surface area (Å²) in [5.74, 6) is 1.23. The second-order valence-corrected chi connectivity index (χ2v) is 5.91. The summed E-state index contributed by atoms with van der Waals surface area (Å²) in [5, 5.41) is 12.7. The molecule has 4 heteroatoms. The minimum atomic E-state index is -0.209. The molecular weight excluding hydrogens is 262 g/mol. The molecule has 0 spiro atoms. The smallest absolute Gasteiger partial charge is 0.252 e. The minimum absolute atomic E-state index is 0.0565. The highest BCUT2D eigenvalue weighted by molar-refractivity contribution is 6.33. The molecule has 104 valence electrons. The van der Waals surface area contributed by atoms with Crippen LogP contribution in [0, 0.1) is 11.8 Å². The quantitative estimate of drug-likeness (QED) is 0.889. The van der Waals surface area contributed by atoms with Gasteiger partial charge in [-0.2, -0.15) is 0 Å². The third-order valence-electron chi connectivity index (χ3n) is 3.88. The molecule has 1 aliphatic rings. The molecule has 1 saturated carbocycles. The second-order valence-electron chi connectivity index (χ2n) is 5.50. The topological polar surface area (TPSA) is 49.3 Å². The molecule has 1 aliphatic carbocycles. The Balaban J connectivity index is 1.89. The molecule has 1 aromatic carbocycles. The summed E-state index contributed by atoms with van der Waals surface area (Å²) >= 11 is 5.96. The zero-order valence-corrected chi connectivity index (χ0v) is 11.9. The van der Waals surface area contributed by atoms with E-state index < -0.39 is 0 Å². The predicted octanol–water partition coefficient (Wildman–Crippen LogP) is 3.60. The van der Waals surface area contributed by atoms with E-state index in [0.717, 1.165) is 5.92 Å². The van der Waals surface area contributed by atoms with Crippen LogP contribution in [0.25, 0.3) is 0 Å². The van der Waals surface area contributed by atoms with Gasteiger partial charge >= 0.3 is 0 Å².